The lowest BCUT2D eigenvalue weighted by Gasteiger charge is -2.32. The summed E-state index contributed by atoms with van der Waals surface area (Å²) in [6, 6.07) is 3.12. The second-order valence-corrected chi connectivity index (χ2v) is 14.6. The van der Waals surface area contributed by atoms with Gasteiger partial charge in [0.05, 0.1) is 25.4 Å². The van der Waals surface area contributed by atoms with Gasteiger partial charge in [-0.2, -0.15) is 0 Å². The van der Waals surface area contributed by atoms with Gasteiger partial charge in [0, 0.05) is 34.8 Å². The Balaban J connectivity index is 1.39. The Kier molecular flexibility index (Phi) is 9.03. The topological polar surface area (TPSA) is 150 Å². The lowest BCUT2D eigenvalue weighted by molar-refractivity contribution is 0.0564. The van der Waals surface area contributed by atoms with E-state index in [0.717, 1.165) is 12.8 Å². The van der Waals surface area contributed by atoms with Gasteiger partial charge in [0.15, 0.2) is 5.82 Å². The lowest BCUT2D eigenvalue weighted by atomic mass is 9.96. The number of anilines is 3. The van der Waals surface area contributed by atoms with Gasteiger partial charge in [0.2, 0.25) is 5.88 Å². The van der Waals surface area contributed by atoms with Crippen LogP contribution in [0.5, 0.6) is 5.88 Å². The van der Waals surface area contributed by atoms with Gasteiger partial charge < -0.3 is 23.7 Å². The molecule has 1 aliphatic carbocycles. The molecule has 4 heterocycles. The smallest absolute Gasteiger partial charge is 0.415 e. The molecule has 1 saturated carbocycles. The minimum atomic E-state index is -0.871. The number of amides is 3. The number of benzene rings is 1. The van der Waals surface area contributed by atoms with E-state index in [0.29, 0.717) is 41.3 Å². The van der Waals surface area contributed by atoms with Crippen molar-refractivity contribution in [1.29, 1.82) is 0 Å². The number of fused-ring (bicyclic) bond motifs is 2. The Labute approximate surface area is 283 Å². The molecule has 2 N–H and O–H groups in total. The van der Waals surface area contributed by atoms with Crippen LogP contribution in [0, 0.1) is 24.6 Å². The van der Waals surface area contributed by atoms with E-state index < -0.39 is 35.3 Å². The van der Waals surface area contributed by atoms with Crippen molar-refractivity contribution in [2.75, 3.05) is 41.9 Å². The van der Waals surface area contributed by atoms with E-state index in [9.17, 15) is 14.4 Å². The van der Waals surface area contributed by atoms with Crippen LogP contribution in [-0.2, 0) is 18.9 Å². The van der Waals surface area contributed by atoms with Crippen molar-refractivity contribution in [3.63, 3.8) is 0 Å². The molecule has 1 aromatic carbocycles. The molecule has 2 aromatic heterocycles. The Bertz CT molecular complexity index is 1800. The van der Waals surface area contributed by atoms with Crippen LogP contribution < -0.4 is 20.3 Å². The third-order valence-electron chi connectivity index (χ3n) is 8.37. The molecule has 0 radical (unpaired) electrons. The van der Waals surface area contributed by atoms with Gasteiger partial charge in [-0.25, -0.2) is 28.7 Å². The summed E-state index contributed by atoms with van der Waals surface area (Å²) in [4.78, 5) is 49.2. The predicted octanol–water partition coefficient (Wildman–Crippen LogP) is 7.20. The van der Waals surface area contributed by atoms with Crippen molar-refractivity contribution in [3.8, 4) is 17.0 Å². The molecule has 0 bridgehead atoms. The molecule has 2 atom stereocenters. The van der Waals surface area contributed by atoms with Crippen LogP contribution in [0.4, 0.5) is 36.0 Å². The van der Waals surface area contributed by atoms with Crippen molar-refractivity contribution in [2.24, 2.45) is 11.8 Å². The molecule has 2 fully saturated rings. The molecule has 262 valence electrons. The van der Waals surface area contributed by atoms with E-state index in [4.69, 9.17) is 23.7 Å². The van der Waals surface area contributed by atoms with E-state index in [1.807, 2.05) is 0 Å². The third-order valence-corrected chi connectivity index (χ3v) is 8.37. The Hall–Kier alpha value is -4.72. The number of rotatable bonds is 5. The van der Waals surface area contributed by atoms with Crippen LogP contribution in [0.1, 0.15) is 59.9 Å². The average molecular weight is 680 g/mol. The third kappa shape index (κ3) is 7.64. The highest BCUT2D eigenvalue weighted by Gasteiger charge is 2.42. The maximum Gasteiger partial charge on any atom is 0.415 e. The van der Waals surface area contributed by atoms with E-state index in [1.54, 1.807) is 60.6 Å². The zero-order valence-corrected chi connectivity index (χ0v) is 28.8. The number of carbonyl (C=O) groups is 3. The molecule has 1 saturated heterocycles. The molecular formula is C35H42FN5O8. The van der Waals surface area contributed by atoms with Gasteiger partial charge in [-0.05, 0) is 90.3 Å². The molecule has 14 heteroatoms. The Morgan fingerprint density at radius 1 is 0.939 bits per heavy atom. The summed E-state index contributed by atoms with van der Waals surface area (Å²) in [6.07, 6.45) is 2.52. The summed E-state index contributed by atoms with van der Waals surface area (Å²) in [5.41, 5.74) is -0.542. The molecule has 0 unspecified atom stereocenters. The maximum atomic E-state index is 16.7. The van der Waals surface area contributed by atoms with Crippen LogP contribution in [-0.4, -0.2) is 71.9 Å². The Morgan fingerprint density at radius 3 is 2.37 bits per heavy atom. The minimum Gasteiger partial charge on any atom is -0.474 e. The van der Waals surface area contributed by atoms with Crippen molar-refractivity contribution in [3.05, 3.63) is 35.9 Å². The summed E-state index contributed by atoms with van der Waals surface area (Å²) < 4.78 is 44.7. The minimum absolute atomic E-state index is 0.0659. The molecule has 13 nitrogen and oxygen atoms in total. The quantitative estimate of drug-likeness (QED) is 0.265. The van der Waals surface area contributed by atoms with Gasteiger partial charge in [0.1, 0.15) is 35.4 Å². The monoisotopic (exact) mass is 679 g/mol. The molecule has 2 aliphatic heterocycles. The number of ether oxygens (including phenoxy) is 5. The fourth-order valence-corrected chi connectivity index (χ4v) is 6.08. The van der Waals surface area contributed by atoms with E-state index in [1.165, 1.54) is 17.3 Å². The molecule has 3 aliphatic rings. The normalized spacial score (nSPS) is 19.1. The summed E-state index contributed by atoms with van der Waals surface area (Å²) in [7, 11) is 0. The molecule has 49 heavy (non-hydrogen) atoms. The summed E-state index contributed by atoms with van der Waals surface area (Å²) in [5, 5.41) is 5.92. The standard InChI is InChI=1S/C35H42FN5O8/c1-18-22(14-38-30-29(18)41(10-11-46-30)33(44)49-35(5,6)7)21-12-20-13-26(39-31(42)47-25-17-45-16-24(25)19-8-9-19)37-15-23(20)28(27(21)36)40-32(43)48-34(2,3)4/h12-15,19,24-25H,8-11,16-17H2,1-7H3,(H,40,43)(H,37,39,42)/t24-,25+/m0/s1. The first-order valence-electron chi connectivity index (χ1n) is 16.4. The highest BCUT2D eigenvalue weighted by molar-refractivity contribution is 6.05. The van der Waals surface area contributed by atoms with E-state index in [-0.39, 0.29) is 53.5 Å². The van der Waals surface area contributed by atoms with Crippen molar-refractivity contribution >= 4 is 46.2 Å². The zero-order valence-electron chi connectivity index (χ0n) is 28.8. The van der Waals surface area contributed by atoms with Crippen LogP contribution >= 0.6 is 0 Å². The Morgan fingerprint density at radius 2 is 1.67 bits per heavy atom. The zero-order chi connectivity index (χ0) is 35.2. The number of hydrogen-bond donors (Lipinski definition) is 2. The molecular weight excluding hydrogens is 637 g/mol. The SMILES string of the molecule is Cc1c(-c2cc3cc(NC(=O)O[C@@H]4COC[C@H]4C4CC4)ncc3c(NC(=O)OC(C)(C)C)c2F)cnc2c1N(C(=O)OC(C)(C)C)CCO2. The number of hydrogen-bond acceptors (Lipinski definition) is 10. The van der Waals surface area contributed by atoms with E-state index >= 15 is 4.39 Å². The summed E-state index contributed by atoms with van der Waals surface area (Å²) in [5.74, 6) is 0.264. The first-order chi connectivity index (χ1) is 23.1. The van der Waals surface area contributed by atoms with Gasteiger partial charge in [-0.3, -0.25) is 15.5 Å². The molecule has 6 rings (SSSR count). The van der Waals surface area contributed by atoms with E-state index in [2.05, 4.69) is 20.6 Å². The number of carbonyl (C=O) groups excluding carboxylic acids is 3. The number of halogens is 1. The van der Waals surface area contributed by atoms with Gasteiger partial charge in [-0.1, -0.05) is 0 Å². The lowest BCUT2D eigenvalue weighted by Crippen LogP contribution is -2.42. The first-order valence-corrected chi connectivity index (χ1v) is 16.4. The average Bonchev–Trinajstić information content (AvgIpc) is 3.74. The number of nitrogens with zero attached hydrogens (tertiary/aromatic N) is 3. The highest BCUT2D eigenvalue weighted by atomic mass is 19.1. The van der Waals surface area contributed by atoms with Gasteiger partial charge in [0.25, 0.3) is 0 Å². The van der Waals surface area contributed by atoms with Crippen molar-refractivity contribution < 1.29 is 42.5 Å². The second kappa shape index (κ2) is 13.0. The van der Waals surface area contributed by atoms with Gasteiger partial charge >= 0.3 is 18.3 Å². The highest BCUT2D eigenvalue weighted by Crippen LogP contribution is 2.43. The summed E-state index contributed by atoms with van der Waals surface area (Å²) in [6.45, 7) is 13.4. The van der Waals surface area contributed by atoms with Crippen molar-refractivity contribution in [1.82, 2.24) is 9.97 Å². The van der Waals surface area contributed by atoms with Crippen LogP contribution in [0.2, 0.25) is 0 Å². The number of pyridine rings is 2. The van der Waals surface area contributed by atoms with Crippen LogP contribution in [0.3, 0.4) is 0 Å². The molecule has 3 aromatic rings. The van der Waals surface area contributed by atoms with Gasteiger partial charge in [-0.15, -0.1) is 0 Å². The second-order valence-electron chi connectivity index (χ2n) is 14.6. The first kappa shape index (κ1) is 34.2. The fraction of sp³-hybridized carbons (Fsp3) is 0.514. The molecule has 0 spiro atoms. The number of nitrogens with one attached hydrogen (secondary N) is 2. The predicted molar refractivity (Wildman–Crippen MR) is 180 cm³/mol. The van der Waals surface area contributed by atoms with Crippen molar-refractivity contribution in [2.45, 2.75) is 78.6 Å². The maximum absolute atomic E-state index is 16.7. The molecule has 3 amide bonds. The van der Waals surface area contributed by atoms with Crippen LogP contribution in [0.25, 0.3) is 21.9 Å². The fourth-order valence-electron chi connectivity index (χ4n) is 6.08. The van der Waals surface area contributed by atoms with Crippen LogP contribution in [0.15, 0.2) is 24.5 Å². The largest absolute Gasteiger partial charge is 0.474 e. The summed E-state index contributed by atoms with van der Waals surface area (Å²) >= 11 is 0. The number of aromatic nitrogens is 2.